The Morgan fingerprint density at radius 2 is 1.93 bits per heavy atom. The van der Waals surface area contributed by atoms with Gasteiger partial charge in [-0.15, -0.1) is 0 Å². The Hall–Kier alpha value is -2.08. The summed E-state index contributed by atoms with van der Waals surface area (Å²) in [5, 5.41) is 16.7. The molecule has 1 rings (SSSR count). The maximum Gasteiger partial charge on any atom is 0.433 e. The van der Waals surface area contributed by atoms with Gasteiger partial charge in [0.1, 0.15) is 17.5 Å². The van der Waals surface area contributed by atoms with Gasteiger partial charge < -0.3 is 0 Å². The maximum atomic E-state index is 12.4. The molecule has 0 aliphatic heterocycles. The van der Waals surface area contributed by atoms with E-state index in [2.05, 4.69) is 4.98 Å². The third kappa shape index (κ3) is 2.44. The molecule has 0 saturated carbocycles. The highest BCUT2D eigenvalue weighted by atomic mass is 19.4. The highest BCUT2D eigenvalue weighted by molar-refractivity contribution is 5.32. The number of hydrogen-bond donors (Lipinski definition) is 0. The summed E-state index contributed by atoms with van der Waals surface area (Å²) in [5.41, 5.74) is -1.70. The molecule has 0 saturated heterocycles. The van der Waals surface area contributed by atoms with Crippen molar-refractivity contribution in [2.75, 3.05) is 0 Å². The zero-order chi connectivity index (χ0) is 11.5. The number of pyridine rings is 1. The molecule has 15 heavy (non-hydrogen) atoms. The molecular weight excluding hydrogens is 207 g/mol. The molecule has 0 bridgehead atoms. The van der Waals surface area contributed by atoms with Crippen LogP contribution in [-0.4, -0.2) is 4.98 Å². The first-order chi connectivity index (χ1) is 6.99. The summed E-state index contributed by atoms with van der Waals surface area (Å²) in [6, 6.07) is 5.38. The predicted octanol–water partition coefficient (Wildman–Crippen LogP) is 2.04. The van der Waals surface area contributed by atoms with Crippen molar-refractivity contribution in [1.82, 2.24) is 4.98 Å². The molecule has 0 aromatic carbocycles. The monoisotopic (exact) mass is 211 g/mol. The van der Waals surface area contributed by atoms with E-state index in [-0.39, 0.29) is 17.7 Å². The van der Waals surface area contributed by atoms with E-state index in [9.17, 15) is 13.2 Å². The van der Waals surface area contributed by atoms with E-state index in [0.717, 1.165) is 12.1 Å². The Morgan fingerprint density at radius 3 is 2.40 bits per heavy atom. The van der Waals surface area contributed by atoms with Crippen LogP contribution in [0.3, 0.4) is 0 Å². The fourth-order valence-corrected chi connectivity index (χ4v) is 1.02. The zero-order valence-electron chi connectivity index (χ0n) is 7.34. The minimum atomic E-state index is -4.64. The molecule has 3 nitrogen and oxygen atoms in total. The van der Waals surface area contributed by atoms with Crippen molar-refractivity contribution in [2.24, 2.45) is 0 Å². The van der Waals surface area contributed by atoms with Crippen molar-refractivity contribution < 1.29 is 13.2 Å². The Balaban J connectivity index is 3.32. The van der Waals surface area contributed by atoms with Gasteiger partial charge in [-0.05, 0) is 11.6 Å². The quantitative estimate of drug-likeness (QED) is 0.714. The lowest BCUT2D eigenvalue weighted by Gasteiger charge is -2.09. The Labute approximate surface area is 83.4 Å². The van der Waals surface area contributed by atoms with Crippen molar-refractivity contribution in [3.8, 4) is 12.1 Å². The number of alkyl halides is 3. The average molecular weight is 211 g/mol. The summed E-state index contributed by atoms with van der Waals surface area (Å²) < 4.78 is 37.2. The van der Waals surface area contributed by atoms with E-state index in [1.165, 1.54) is 6.07 Å². The van der Waals surface area contributed by atoms with Gasteiger partial charge in [0.15, 0.2) is 0 Å². The molecule has 0 fully saturated rings. The van der Waals surface area contributed by atoms with E-state index >= 15 is 0 Å². The summed E-state index contributed by atoms with van der Waals surface area (Å²) in [7, 11) is 0. The lowest BCUT2D eigenvalue weighted by molar-refractivity contribution is -0.141. The SMILES string of the molecule is N#CCc1ccc(C#N)nc1C(F)(F)F. The molecule has 0 atom stereocenters. The summed E-state index contributed by atoms with van der Waals surface area (Å²) >= 11 is 0. The molecule has 0 aliphatic rings. The van der Waals surface area contributed by atoms with Crippen LogP contribution in [0.4, 0.5) is 13.2 Å². The molecule has 1 aromatic rings. The summed E-state index contributed by atoms with van der Waals surface area (Å²) in [6.07, 6.45) is -5.02. The Bertz CT molecular complexity index is 451. The van der Waals surface area contributed by atoms with Crippen molar-refractivity contribution >= 4 is 0 Å². The normalized spacial score (nSPS) is 10.5. The van der Waals surface area contributed by atoms with Crippen LogP contribution in [0.2, 0.25) is 0 Å². The first-order valence-corrected chi connectivity index (χ1v) is 3.83. The molecule has 0 aliphatic carbocycles. The van der Waals surface area contributed by atoms with Crippen LogP contribution in [0, 0.1) is 22.7 Å². The van der Waals surface area contributed by atoms with Crippen LogP contribution >= 0.6 is 0 Å². The van der Waals surface area contributed by atoms with Crippen LogP contribution in [0.1, 0.15) is 17.0 Å². The van der Waals surface area contributed by atoms with Crippen LogP contribution in [0.25, 0.3) is 0 Å². The van der Waals surface area contributed by atoms with E-state index in [0.29, 0.717) is 0 Å². The molecule has 0 amide bonds. The molecule has 6 heteroatoms. The van der Waals surface area contributed by atoms with Gasteiger partial charge in [-0.3, -0.25) is 0 Å². The maximum absolute atomic E-state index is 12.4. The first kappa shape index (κ1) is 11.0. The van der Waals surface area contributed by atoms with Crippen molar-refractivity contribution in [1.29, 1.82) is 10.5 Å². The van der Waals surface area contributed by atoms with Crippen molar-refractivity contribution in [3.05, 3.63) is 29.1 Å². The van der Waals surface area contributed by atoms with E-state index in [4.69, 9.17) is 10.5 Å². The van der Waals surface area contributed by atoms with Gasteiger partial charge >= 0.3 is 6.18 Å². The van der Waals surface area contributed by atoms with E-state index in [1.54, 1.807) is 6.07 Å². The third-order valence-electron chi connectivity index (χ3n) is 1.63. The topological polar surface area (TPSA) is 60.5 Å². The van der Waals surface area contributed by atoms with Crippen LogP contribution in [0.5, 0.6) is 0 Å². The molecule has 1 aromatic heterocycles. The minimum absolute atomic E-state index is 0.219. The van der Waals surface area contributed by atoms with Gasteiger partial charge in [-0.25, -0.2) is 4.98 Å². The Morgan fingerprint density at radius 1 is 1.27 bits per heavy atom. The second-order valence-corrected chi connectivity index (χ2v) is 2.65. The largest absolute Gasteiger partial charge is 0.433 e. The van der Waals surface area contributed by atoms with Gasteiger partial charge in [0.05, 0.1) is 12.5 Å². The summed E-state index contributed by atoms with van der Waals surface area (Å²) in [5.74, 6) is 0. The Kier molecular flexibility index (Phi) is 2.91. The van der Waals surface area contributed by atoms with Crippen LogP contribution < -0.4 is 0 Å². The number of aromatic nitrogens is 1. The standard InChI is InChI=1S/C9H4F3N3/c10-9(11,12)8-6(3-4-13)1-2-7(5-14)15-8/h1-2H,3H2. The third-order valence-corrected chi connectivity index (χ3v) is 1.63. The zero-order valence-corrected chi connectivity index (χ0v) is 7.34. The summed E-state index contributed by atoms with van der Waals surface area (Å²) in [6.45, 7) is 0. The molecule has 0 unspecified atom stereocenters. The fourth-order valence-electron chi connectivity index (χ4n) is 1.02. The average Bonchev–Trinajstić information content (AvgIpc) is 2.17. The number of rotatable bonds is 1. The van der Waals surface area contributed by atoms with Crippen molar-refractivity contribution in [2.45, 2.75) is 12.6 Å². The first-order valence-electron chi connectivity index (χ1n) is 3.83. The van der Waals surface area contributed by atoms with Gasteiger partial charge in [0.2, 0.25) is 0 Å². The number of halogens is 3. The van der Waals surface area contributed by atoms with Crippen LogP contribution in [-0.2, 0) is 12.6 Å². The second kappa shape index (κ2) is 3.97. The molecule has 0 radical (unpaired) electrons. The highest BCUT2D eigenvalue weighted by Crippen LogP contribution is 2.30. The van der Waals surface area contributed by atoms with Gasteiger partial charge in [-0.2, -0.15) is 23.7 Å². The molecule has 1 heterocycles. The summed E-state index contributed by atoms with van der Waals surface area (Å²) in [4.78, 5) is 3.14. The number of hydrogen-bond acceptors (Lipinski definition) is 3. The fraction of sp³-hybridized carbons (Fsp3) is 0.222. The van der Waals surface area contributed by atoms with E-state index < -0.39 is 11.9 Å². The van der Waals surface area contributed by atoms with Crippen molar-refractivity contribution in [3.63, 3.8) is 0 Å². The highest BCUT2D eigenvalue weighted by Gasteiger charge is 2.35. The number of nitriles is 2. The predicted molar refractivity (Wildman–Crippen MR) is 43.3 cm³/mol. The molecule has 0 N–H and O–H groups in total. The van der Waals surface area contributed by atoms with Gasteiger partial charge in [-0.1, -0.05) is 6.07 Å². The van der Waals surface area contributed by atoms with Crippen LogP contribution in [0.15, 0.2) is 12.1 Å². The van der Waals surface area contributed by atoms with Gasteiger partial charge in [0.25, 0.3) is 0 Å². The molecule has 0 spiro atoms. The minimum Gasteiger partial charge on any atom is -0.232 e. The molecular formula is C9H4F3N3. The lowest BCUT2D eigenvalue weighted by Crippen LogP contribution is -2.12. The smallest absolute Gasteiger partial charge is 0.232 e. The lowest BCUT2D eigenvalue weighted by atomic mass is 10.1. The second-order valence-electron chi connectivity index (χ2n) is 2.65. The number of nitrogens with zero attached hydrogens (tertiary/aromatic N) is 3. The molecule has 76 valence electrons. The van der Waals surface area contributed by atoms with E-state index in [1.807, 2.05) is 0 Å². The van der Waals surface area contributed by atoms with Gasteiger partial charge in [0, 0.05) is 0 Å².